The molecule has 0 radical (unpaired) electrons. The first-order chi connectivity index (χ1) is 9.12. The average molecular weight is 279 g/mol. The van der Waals surface area contributed by atoms with Crippen molar-refractivity contribution in [1.29, 1.82) is 0 Å². The van der Waals surface area contributed by atoms with E-state index in [0.29, 0.717) is 4.75 Å². The topological polar surface area (TPSA) is 28.2 Å². The van der Waals surface area contributed by atoms with Gasteiger partial charge in [-0.15, -0.1) is 0 Å². The number of hydrogen-bond donors (Lipinski definition) is 1. The van der Waals surface area contributed by atoms with E-state index < -0.39 is 0 Å². The average Bonchev–Trinajstić information content (AvgIpc) is 2.58. The van der Waals surface area contributed by atoms with E-state index in [1.165, 1.54) is 23.4 Å². The zero-order valence-corrected chi connectivity index (χ0v) is 13.1. The van der Waals surface area contributed by atoms with Crippen LogP contribution in [0.15, 0.2) is 18.5 Å². The van der Waals surface area contributed by atoms with Gasteiger partial charge in [0.25, 0.3) is 0 Å². The fourth-order valence-corrected chi connectivity index (χ4v) is 3.49. The van der Waals surface area contributed by atoms with Crippen LogP contribution in [0.3, 0.4) is 0 Å². The van der Waals surface area contributed by atoms with Crippen molar-refractivity contribution in [3.8, 4) is 0 Å². The first kappa shape index (κ1) is 14.7. The molecule has 0 atom stereocenters. The number of thioether (sulfide) groups is 1. The van der Waals surface area contributed by atoms with Gasteiger partial charge in [-0.2, -0.15) is 11.8 Å². The molecule has 0 bridgehead atoms. The summed E-state index contributed by atoms with van der Waals surface area (Å²) < 4.78 is 0.406. The number of aromatic nitrogens is 1. The summed E-state index contributed by atoms with van der Waals surface area (Å²) in [5.41, 5.74) is 2.67. The van der Waals surface area contributed by atoms with Gasteiger partial charge in [0.2, 0.25) is 0 Å². The number of nitrogens with one attached hydrogen (secondary N) is 1. The third kappa shape index (κ3) is 4.11. The van der Waals surface area contributed by atoms with E-state index in [2.05, 4.69) is 53.8 Å². The molecule has 4 heteroatoms. The van der Waals surface area contributed by atoms with Crippen LogP contribution in [0, 0.1) is 0 Å². The predicted octanol–water partition coefficient (Wildman–Crippen LogP) is 2.91. The van der Waals surface area contributed by atoms with Gasteiger partial charge in [-0.1, -0.05) is 20.8 Å². The Hall–Kier alpha value is -0.740. The highest BCUT2D eigenvalue weighted by Gasteiger charge is 2.24. The molecule has 1 aromatic heterocycles. The molecule has 0 saturated carbocycles. The summed E-state index contributed by atoms with van der Waals surface area (Å²) in [6, 6.07) is 2.16. The number of pyridine rings is 1. The molecule has 1 aliphatic heterocycles. The van der Waals surface area contributed by atoms with Crippen LogP contribution in [0.4, 0.5) is 5.69 Å². The smallest absolute Gasteiger partial charge is 0.0443 e. The first-order valence-corrected chi connectivity index (χ1v) is 8.13. The molecule has 2 rings (SSSR count). The van der Waals surface area contributed by atoms with Crippen LogP contribution in [0.2, 0.25) is 0 Å². The van der Waals surface area contributed by atoms with Gasteiger partial charge in [-0.25, -0.2) is 0 Å². The van der Waals surface area contributed by atoms with Crippen molar-refractivity contribution in [3.05, 3.63) is 24.0 Å². The largest absolute Gasteiger partial charge is 0.370 e. The Morgan fingerprint density at radius 3 is 3.05 bits per heavy atom. The standard InChI is InChI=1S/C15H25N3S/c1-4-16-11-13-12-17-7-5-14(13)18-8-6-15(2,3)19-10-9-18/h5,7,12,16H,4,6,8-11H2,1-3H3. The van der Waals surface area contributed by atoms with Crippen molar-refractivity contribution in [2.24, 2.45) is 0 Å². The lowest BCUT2D eigenvalue weighted by atomic mass is 10.1. The van der Waals surface area contributed by atoms with Crippen molar-refractivity contribution in [1.82, 2.24) is 10.3 Å². The van der Waals surface area contributed by atoms with Crippen LogP contribution >= 0.6 is 11.8 Å². The molecule has 106 valence electrons. The van der Waals surface area contributed by atoms with Crippen LogP contribution in [0.25, 0.3) is 0 Å². The summed E-state index contributed by atoms with van der Waals surface area (Å²) in [5.74, 6) is 1.20. The Morgan fingerprint density at radius 2 is 2.26 bits per heavy atom. The highest BCUT2D eigenvalue weighted by atomic mass is 32.2. The zero-order chi connectivity index (χ0) is 13.7. The Morgan fingerprint density at radius 1 is 1.42 bits per heavy atom. The molecule has 1 aromatic rings. The van der Waals surface area contributed by atoms with E-state index in [4.69, 9.17) is 0 Å². The Balaban J connectivity index is 2.12. The van der Waals surface area contributed by atoms with E-state index in [1.807, 2.05) is 12.4 Å². The lowest BCUT2D eigenvalue weighted by molar-refractivity contribution is 0.634. The molecule has 1 N–H and O–H groups in total. The third-order valence-electron chi connectivity index (χ3n) is 3.62. The molecule has 0 spiro atoms. The summed E-state index contributed by atoms with van der Waals surface area (Å²) in [4.78, 5) is 6.80. The molecule has 0 unspecified atom stereocenters. The fraction of sp³-hybridized carbons (Fsp3) is 0.667. The molecule has 1 saturated heterocycles. The van der Waals surface area contributed by atoms with Crippen LogP contribution in [-0.2, 0) is 6.54 Å². The molecule has 1 fully saturated rings. The number of nitrogens with zero attached hydrogens (tertiary/aromatic N) is 2. The lowest BCUT2D eigenvalue weighted by Crippen LogP contribution is -2.28. The minimum Gasteiger partial charge on any atom is -0.370 e. The predicted molar refractivity (Wildman–Crippen MR) is 85.0 cm³/mol. The number of rotatable bonds is 4. The Bertz CT molecular complexity index is 406. The number of hydrogen-bond acceptors (Lipinski definition) is 4. The van der Waals surface area contributed by atoms with Crippen LogP contribution in [-0.4, -0.2) is 35.1 Å². The molecule has 1 aliphatic rings. The quantitative estimate of drug-likeness (QED) is 0.917. The monoisotopic (exact) mass is 279 g/mol. The van der Waals surface area contributed by atoms with E-state index in [-0.39, 0.29) is 0 Å². The highest BCUT2D eigenvalue weighted by Crippen LogP contribution is 2.33. The second kappa shape index (κ2) is 6.62. The van der Waals surface area contributed by atoms with Gasteiger partial charge in [-0.3, -0.25) is 4.98 Å². The summed E-state index contributed by atoms with van der Waals surface area (Å²) >= 11 is 2.09. The van der Waals surface area contributed by atoms with E-state index in [0.717, 1.165) is 26.2 Å². The molecule has 0 aliphatic carbocycles. The van der Waals surface area contributed by atoms with Gasteiger partial charge in [0, 0.05) is 53.8 Å². The van der Waals surface area contributed by atoms with Crippen molar-refractivity contribution < 1.29 is 0 Å². The minimum absolute atomic E-state index is 0.406. The first-order valence-electron chi connectivity index (χ1n) is 7.15. The Kier molecular flexibility index (Phi) is 5.11. The summed E-state index contributed by atoms with van der Waals surface area (Å²) in [7, 11) is 0. The van der Waals surface area contributed by atoms with Crippen LogP contribution < -0.4 is 10.2 Å². The molecular weight excluding hydrogens is 254 g/mol. The van der Waals surface area contributed by atoms with E-state index in [1.54, 1.807) is 0 Å². The van der Waals surface area contributed by atoms with E-state index in [9.17, 15) is 0 Å². The third-order valence-corrected chi connectivity index (χ3v) is 4.99. The lowest BCUT2D eigenvalue weighted by Gasteiger charge is -2.26. The maximum atomic E-state index is 4.27. The van der Waals surface area contributed by atoms with Crippen LogP contribution in [0.1, 0.15) is 32.8 Å². The Labute approximate surface area is 121 Å². The van der Waals surface area contributed by atoms with Crippen molar-refractivity contribution >= 4 is 17.4 Å². The second-order valence-electron chi connectivity index (χ2n) is 5.63. The summed E-state index contributed by atoms with van der Waals surface area (Å²) in [5, 5.41) is 3.40. The summed E-state index contributed by atoms with van der Waals surface area (Å²) in [6.07, 6.45) is 5.15. The maximum Gasteiger partial charge on any atom is 0.0443 e. The zero-order valence-electron chi connectivity index (χ0n) is 12.3. The highest BCUT2D eigenvalue weighted by molar-refractivity contribution is 8.00. The van der Waals surface area contributed by atoms with Crippen LogP contribution in [0.5, 0.6) is 0 Å². The minimum atomic E-state index is 0.406. The van der Waals surface area contributed by atoms with Gasteiger partial charge in [0.15, 0.2) is 0 Å². The summed E-state index contributed by atoms with van der Waals surface area (Å²) in [6.45, 7) is 11.0. The van der Waals surface area contributed by atoms with Gasteiger partial charge < -0.3 is 10.2 Å². The van der Waals surface area contributed by atoms with Crippen molar-refractivity contribution in [3.63, 3.8) is 0 Å². The van der Waals surface area contributed by atoms with E-state index >= 15 is 0 Å². The number of anilines is 1. The second-order valence-corrected chi connectivity index (χ2v) is 7.43. The SMILES string of the molecule is CCNCc1cnccc1N1CCSC(C)(C)CC1. The molecule has 2 heterocycles. The molecule has 19 heavy (non-hydrogen) atoms. The van der Waals surface area contributed by atoms with Crippen molar-refractivity contribution in [2.45, 2.75) is 38.5 Å². The molecular formula is C15H25N3S. The van der Waals surface area contributed by atoms with Gasteiger partial charge in [-0.05, 0) is 19.0 Å². The van der Waals surface area contributed by atoms with Crippen molar-refractivity contribution in [2.75, 3.05) is 30.3 Å². The van der Waals surface area contributed by atoms with Gasteiger partial charge in [0.05, 0.1) is 0 Å². The molecule has 0 amide bonds. The van der Waals surface area contributed by atoms with Gasteiger partial charge >= 0.3 is 0 Å². The molecule has 3 nitrogen and oxygen atoms in total. The molecule has 0 aromatic carbocycles. The maximum absolute atomic E-state index is 4.27. The normalized spacial score (nSPS) is 19.2. The fourth-order valence-electron chi connectivity index (χ4n) is 2.39. The van der Waals surface area contributed by atoms with Gasteiger partial charge in [0.1, 0.15) is 0 Å².